The second-order valence-electron chi connectivity index (χ2n) is 8.70. The molecule has 1 saturated heterocycles. The van der Waals surface area contributed by atoms with Gasteiger partial charge < -0.3 is 20.7 Å². The van der Waals surface area contributed by atoms with Crippen LogP contribution in [0.1, 0.15) is 65.2 Å². The molecule has 3 heterocycles. The minimum atomic E-state index is 0.401. The predicted octanol–water partition coefficient (Wildman–Crippen LogP) is 8.57. The third kappa shape index (κ3) is 17.3. The number of rotatable bonds is 13. The number of thiazole rings is 1. The average Bonchev–Trinajstić information content (AvgIpc) is 3.35. The van der Waals surface area contributed by atoms with Gasteiger partial charge in [-0.05, 0) is 70.3 Å². The Labute approximate surface area is 268 Å². The first-order chi connectivity index (χ1) is 19.9. The van der Waals surface area contributed by atoms with Crippen molar-refractivity contribution in [2.24, 2.45) is 0 Å². The highest BCUT2D eigenvalue weighted by Gasteiger charge is 2.21. The monoisotopic (exact) mass is 646 g/mol. The lowest BCUT2D eigenvalue weighted by atomic mass is 10.1. The Morgan fingerprint density at radius 2 is 1.90 bits per heavy atom. The van der Waals surface area contributed by atoms with Gasteiger partial charge in [-0.15, -0.1) is 11.6 Å². The van der Waals surface area contributed by atoms with Crippen LogP contribution in [0.3, 0.4) is 0 Å². The molecule has 2 aromatic rings. The molecule has 0 saturated carbocycles. The molecule has 234 valence electrons. The van der Waals surface area contributed by atoms with Gasteiger partial charge in [0.1, 0.15) is 12.4 Å². The fourth-order valence-electron chi connectivity index (χ4n) is 3.48. The highest BCUT2D eigenvalue weighted by molar-refractivity contribution is 7.97. The Bertz CT molecular complexity index is 962. The van der Waals surface area contributed by atoms with Crippen molar-refractivity contribution in [3.8, 4) is 5.88 Å². The highest BCUT2D eigenvalue weighted by Crippen LogP contribution is 2.31. The summed E-state index contributed by atoms with van der Waals surface area (Å²) < 4.78 is 8.07. The maximum absolute atomic E-state index is 6.31. The van der Waals surface area contributed by atoms with E-state index in [4.69, 9.17) is 22.1 Å². The van der Waals surface area contributed by atoms with Crippen molar-refractivity contribution in [1.29, 1.82) is 0 Å². The van der Waals surface area contributed by atoms with Crippen molar-refractivity contribution >= 4 is 57.4 Å². The number of hydrogen-bond acceptors (Lipinski definition) is 9. The maximum atomic E-state index is 6.31. The van der Waals surface area contributed by atoms with Crippen LogP contribution >= 0.6 is 46.5 Å². The Balaban J connectivity index is 0.00000250. The number of allylic oxidation sites excluding steroid dienone is 4. The molecule has 7 nitrogen and oxygen atoms in total. The lowest BCUT2D eigenvalue weighted by molar-refractivity contribution is 0.253. The number of pyridine rings is 1. The lowest BCUT2D eigenvalue weighted by Gasteiger charge is -2.31. The highest BCUT2D eigenvalue weighted by atomic mass is 35.5. The van der Waals surface area contributed by atoms with E-state index >= 15 is 0 Å². The summed E-state index contributed by atoms with van der Waals surface area (Å²) in [5.41, 5.74) is 6.17. The van der Waals surface area contributed by atoms with Gasteiger partial charge in [0.2, 0.25) is 5.88 Å². The molecule has 1 fully saturated rings. The summed E-state index contributed by atoms with van der Waals surface area (Å²) in [6.07, 6.45) is 14.1. The molecule has 0 amide bonds. The molecule has 0 unspecified atom stereocenters. The van der Waals surface area contributed by atoms with E-state index in [0.29, 0.717) is 24.3 Å². The number of hydrogen-bond donors (Lipinski definition) is 2. The van der Waals surface area contributed by atoms with Crippen LogP contribution in [0.15, 0.2) is 46.5 Å². The number of ether oxygens (including phenoxy) is 1. The van der Waals surface area contributed by atoms with Crippen molar-refractivity contribution in [3.63, 3.8) is 0 Å². The second kappa shape index (κ2) is 25.0. The third-order valence-electron chi connectivity index (χ3n) is 5.48. The molecule has 1 aliphatic rings. The SMILES string of the molecule is CC.CC.CC/C=C\C=C(\Cl)CCc1sc(NC2CCN(Sc3ccc(OCCN(C)C)nc3)CC2)nc1N.CCl. The Hall–Kier alpha value is -1.49. The van der Waals surface area contributed by atoms with Gasteiger partial charge in [0.05, 0.1) is 4.88 Å². The number of aryl methyl sites for hydroxylation is 1. The van der Waals surface area contributed by atoms with Crippen molar-refractivity contribution in [3.05, 3.63) is 46.5 Å². The van der Waals surface area contributed by atoms with Gasteiger partial charge in [0, 0.05) is 54.3 Å². The van der Waals surface area contributed by atoms with Gasteiger partial charge in [0.15, 0.2) is 5.13 Å². The molecule has 0 aromatic carbocycles. The number of likely N-dealkylation sites (N-methyl/N-ethyl adjacent to an activating group) is 1. The molecule has 3 rings (SSSR count). The number of anilines is 2. The second-order valence-corrected chi connectivity index (χ2v) is 11.4. The average molecular weight is 648 g/mol. The smallest absolute Gasteiger partial charge is 0.213 e. The Morgan fingerprint density at radius 1 is 1.22 bits per heavy atom. The van der Waals surface area contributed by atoms with E-state index in [0.717, 1.165) is 71.7 Å². The molecule has 1 aliphatic heterocycles. The zero-order valence-corrected chi connectivity index (χ0v) is 29.4. The first kappa shape index (κ1) is 39.5. The summed E-state index contributed by atoms with van der Waals surface area (Å²) in [5.74, 6) is 1.29. The number of halogens is 2. The summed E-state index contributed by atoms with van der Waals surface area (Å²) in [6, 6.07) is 4.43. The summed E-state index contributed by atoms with van der Waals surface area (Å²) in [5, 5.41) is 5.33. The molecule has 3 N–H and O–H groups in total. The largest absolute Gasteiger partial charge is 0.476 e. The molecule has 0 bridgehead atoms. The van der Waals surface area contributed by atoms with Crippen LogP contribution in [-0.2, 0) is 6.42 Å². The van der Waals surface area contributed by atoms with Crippen LogP contribution < -0.4 is 15.8 Å². The van der Waals surface area contributed by atoms with E-state index in [1.165, 1.54) is 6.38 Å². The van der Waals surface area contributed by atoms with Crippen LogP contribution in [0.5, 0.6) is 5.88 Å². The van der Waals surface area contributed by atoms with Gasteiger partial charge in [-0.2, -0.15) is 0 Å². The van der Waals surface area contributed by atoms with Crippen molar-refractivity contribution in [2.75, 3.05) is 57.8 Å². The normalized spacial score (nSPS) is 14.0. The molecule has 0 aliphatic carbocycles. The van der Waals surface area contributed by atoms with E-state index in [2.05, 4.69) is 55.2 Å². The maximum Gasteiger partial charge on any atom is 0.213 e. The van der Waals surface area contributed by atoms with E-state index < -0.39 is 0 Å². The number of nitrogens with two attached hydrogens (primary N) is 1. The van der Waals surface area contributed by atoms with Gasteiger partial charge in [-0.1, -0.05) is 69.7 Å². The summed E-state index contributed by atoms with van der Waals surface area (Å²) in [6.45, 7) is 13.6. The van der Waals surface area contributed by atoms with E-state index in [-0.39, 0.29) is 0 Å². The molecular formula is C30H52Cl2N6OS2. The third-order valence-corrected chi connectivity index (χ3v) is 7.93. The van der Waals surface area contributed by atoms with E-state index in [9.17, 15) is 0 Å². The minimum absolute atomic E-state index is 0.401. The Kier molecular flexibility index (Phi) is 24.1. The minimum Gasteiger partial charge on any atom is -0.476 e. The van der Waals surface area contributed by atoms with Gasteiger partial charge in [-0.25, -0.2) is 14.3 Å². The van der Waals surface area contributed by atoms with Gasteiger partial charge >= 0.3 is 0 Å². The Morgan fingerprint density at radius 3 is 2.49 bits per heavy atom. The summed E-state index contributed by atoms with van der Waals surface area (Å²) in [4.78, 5) is 13.3. The van der Waals surface area contributed by atoms with Crippen molar-refractivity contribution in [1.82, 2.24) is 19.2 Å². The van der Waals surface area contributed by atoms with Crippen molar-refractivity contribution < 1.29 is 4.74 Å². The van der Waals surface area contributed by atoms with Crippen LogP contribution in [0, 0.1) is 0 Å². The fourth-order valence-corrected chi connectivity index (χ4v) is 5.53. The van der Waals surface area contributed by atoms with Gasteiger partial charge in [-0.3, -0.25) is 0 Å². The zero-order valence-electron chi connectivity index (χ0n) is 26.3. The van der Waals surface area contributed by atoms with Crippen LogP contribution in [0.2, 0.25) is 0 Å². The zero-order chi connectivity index (χ0) is 31.0. The number of aromatic nitrogens is 2. The molecule has 11 heteroatoms. The first-order valence-corrected chi connectivity index (χ1v) is 17.2. The number of nitrogens with one attached hydrogen (secondary N) is 1. The fraction of sp³-hybridized carbons (Fsp3) is 0.600. The number of nitrogens with zero attached hydrogens (tertiary/aromatic N) is 4. The van der Waals surface area contributed by atoms with Crippen LogP contribution in [0.25, 0.3) is 0 Å². The quantitative estimate of drug-likeness (QED) is 0.127. The van der Waals surface area contributed by atoms with Crippen molar-refractivity contribution in [2.45, 2.75) is 77.7 Å². The van der Waals surface area contributed by atoms with Crippen LogP contribution in [0.4, 0.5) is 10.9 Å². The molecule has 0 atom stereocenters. The van der Waals surface area contributed by atoms with Gasteiger partial charge in [0.25, 0.3) is 0 Å². The molecular weight excluding hydrogens is 595 g/mol. The first-order valence-electron chi connectivity index (χ1n) is 14.5. The van der Waals surface area contributed by atoms with E-state index in [1.807, 2.05) is 66.2 Å². The summed E-state index contributed by atoms with van der Waals surface area (Å²) >= 11 is 14.3. The van der Waals surface area contributed by atoms with Crippen LogP contribution in [-0.4, -0.2) is 71.9 Å². The topological polar surface area (TPSA) is 79.5 Å². The predicted molar refractivity (Wildman–Crippen MR) is 185 cm³/mol. The number of alkyl halides is 1. The number of piperidine rings is 1. The molecule has 0 radical (unpaired) electrons. The van der Waals surface area contributed by atoms with E-state index in [1.54, 1.807) is 23.3 Å². The molecule has 0 spiro atoms. The summed E-state index contributed by atoms with van der Waals surface area (Å²) in [7, 11) is 4.06. The standard InChI is InChI=1S/C25H37ClN6OS2.2C2H6.CH3Cl/c1-4-5-6-7-19(26)8-10-22-24(27)30-25(34-22)29-20-12-14-32(15-13-20)35-21-9-11-23(28-18-21)33-17-16-31(2)3;3*1-2/h5-7,9,11,18,20H,4,8,10,12-17,27H2,1-3H3,(H,29,30);2*1-2H3;1H3/b6-5-,19-7+;;;. The lowest BCUT2D eigenvalue weighted by Crippen LogP contribution is -2.35. The molecule has 41 heavy (non-hydrogen) atoms. The number of nitrogen functional groups attached to an aromatic ring is 1. The molecule has 2 aromatic heterocycles.